The molecule has 8 heteroatoms. The Hall–Kier alpha value is -2.87. The van der Waals surface area contributed by atoms with Gasteiger partial charge in [-0.3, -0.25) is 4.98 Å². The summed E-state index contributed by atoms with van der Waals surface area (Å²) in [6.45, 7) is 0. The molecule has 0 bridgehead atoms. The molecule has 0 radical (unpaired) electrons. The highest BCUT2D eigenvalue weighted by molar-refractivity contribution is 7.71. The molecule has 0 aliphatic carbocycles. The Bertz CT molecular complexity index is 855. The van der Waals surface area contributed by atoms with Crippen LogP contribution in [0.15, 0.2) is 48.0 Å². The van der Waals surface area contributed by atoms with Gasteiger partial charge in [-0.15, -0.1) is 0 Å². The molecule has 0 saturated carbocycles. The molecule has 0 spiro atoms. The summed E-state index contributed by atoms with van der Waals surface area (Å²) < 4.78 is 7.15. The molecular formula is C14H12N6OS. The predicted molar refractivity (Wildman–Crippen MR) is 84.4 cm³/mol. The van der Waals surface area contributed by atoms with Crippen LogP contribution in [-0.2, 0) is 0 Å². The van der Waals surface area contributed by atoms with Gasteiger partial charge in [0.2, 0.25) is 10.6 Å². The number of nitrogens with one attached hydrogen (secondary N) is 1. The van der Waals surface area contributed by atoms with Crippen LogP contribution < -0.4 is 4.74 Å². The quantitative estimate of drug-likeness (QED) is 0.590. The maximum absolute atomic E-state index is 5.29. The number of rotatable bonds is 4. The lowest BCUT2D eigenvalue weighted by Crippen LogP contribution is -1.98. The fourth-order valence-electron chi connectivity index (χ4n) is 1.87. The van der Waals surface area contributed by atoms with Gasteiger partial charge in [0, 0.05) is 18.0 Å². The molecule has 0 atom stereocenters. The second-order valence-electron chi connectivity index (χ2n) is 4.24. The zero-order valence-electron chi connectivity index (χ0n) is 11.7. The molecule has 2 heterocycles. The molecule has 3 aromatic rings. The average molecular weight is 312 g/mol. The molecule has 0 amide bonds. The Kier molecular flexibility index (Phi) is 4.01. The first-order valence-corrected chi connectivity index (χ1v) is 6.81. The van der Waals surface area contributed by atoms with E-state index < -0.39 is 0 Å². The van der Waals surface area contributed by atoms with E-state index >= 15 is 0 Å². The lowest BCUT2D eigenvalue weighted by Gasteiger charge is -2.03. The van der Waals surface area contributed by atoms with E-state index in [1.54, 1.807) is 31.9 Å². The minimum atomic E-state index is 0.367. The van der Waals surface area contributed by atoms with E-state index in [9.17, 15) is 0 Å². The van der Waals surface area contributed by atoms with Crippen LogP contribution in [-0.4, -0.2) is 38.2 Å². The number of hydrogen-bond acceptors (Lipinski definition) is 6. The number of hydrogen-bond donors (Lipinski definition) is 1. The van der Waals surface area contributed by atoms with E-state index in [1.807, 2.05) is 24.3 Å². The van der Waals surface area contributed by atoms with Gasteiger partial charge in [-0.25, -0.2) is 10.1 Å². The molecule has 1 N–H and O–H groups in total. The van der Waals surface area contributed by atoms with Crippen molar-refractivity contribution in [1.29, 1.82) is 0 Å². The van der Waals surface area contributed by atoms with E-state index in [4.69, 9.17) is 17.0 Å². The smallest absolute Gasteiger partial charge is 0.216 e. The van der Waals surface area contributed by atoms with Crippen molar-refractivity contribution >= 4 is 18.4 Å². The average Bonchev–Trinajstić information content (AvgIpc) is 2.95. The molecule has 1 aromatic carbocycles. The molecule has 22 heavy (non-hydrogen) atoms. The molecule has 2 aromatic heterocycles. The van der Waals surface area contributed by atoms with Crippen LogP contribution in [0, 0.1) is 4.77 Å². The van der Waals surface area contributed by atoms with Crippen LogP contribution in [0.3, 0.4) is 0 Å². The summed E-state index contributed by atoms with van der Waals surface area (Å²) in [6, 6.07) is 7.56. The zero-order valence-corrected chi connectivity index (χ0v) is 12.5. The summed E-state index contributed by atoms with van der Waals surface area (Å²) in [4.78, 5) is 8.22. The van der Waals surface area contributed by atoms with Gasteiger partial charge in [0.25, 0.3) is 0 Å². The molecule has 0 aliphatic rings. The lowest BCUT2D eigenvalue weighted by atomic mass is 10.2. The zero-order chi connectivity index (χ0) is 15.4. The summed E-state index contributed by atoms with van der Waals surface area (Å²) in [5.41, 5.74) is 1.41. The Labute approximate surface area is 131 Å². The van der Waals surface area contributed by atoms with Gasteiger partial charge in [0.05, 0.1) is 19.5 Å². The summed E-state index contributed by atoms with van der Waals surface area (Å²) in [5.74, 6) is 1.21. The Morgan fingerprint density at radius 2 is 2.18 bits per heavy atom. The summed E-state index contributed by atoms with van der Waals surface area (Å²) in [7, 11) is 1.61. The summed E-state index contributed by atoms with van der Waals surface area (Å²) in [5, 5.41) is 11.2. The predicted octanol–water partition coefficient (Wildman–Crippen LogP) is 2.29. The van der Waals surface area contributed by atoms with Crippen molar-refractivity contribution < 1.29 is 4.74 Å². The largest absolute Gasteiger partial charge is 0.496 e. The standard InChI is InChI=1S/C14H12N6OS/c1-21-12-5-3-2-4-10(12)8-17-20-13(18-19-14(20)22)11-9-15-6-7-16-11/h2-9H,1H3,(H,19,22)/b17-8+. The van der Waals surface area contributed by atoms with Crippen LogP contribution in [0.1, 0.15) is 5.56 Å². The summed E-state index contributed by atoms with van der Waals surface area (Å²) in [6.07, 6.45) is 6.43. The van der Waals surface area contributed by atoms with Gasteiger partial charge < -0.3 is 4.74 Å². The number of benzene rings is 1. The van der Waals surface area contributed by atoms with Gasteiger partial charge in [-0.2, -0.15) is 14.9 Å². The second-order valence-corrected chi connectivity index (χ2v) is 4.63. The minimum Gasteiger partial charge on any atom is -0.496 e. The van der Waals surface area contributed by atoms with Gasteiger partial charge >= 0.3 is 0 Å². The fourth-order valence-corrected chi connectivity index (χ4v) is 2.05. The van der Waals surface area contributed by atoms with Crippen molar-refractivity contribution in [2.75, 3.05) is 7.11 Å². The number of para-hydroxylation sites is 1. The number of nitrogens with zero attached hydrogens (tertiary/aromatic N) is 5. The van der Waals surface area contributed by atoms with Crippen LogP contribution in [0.5, 0.6) is 5.75 Å². The SMILES string of the molecule is COc1ccccc1/C=N/n1c(-c2cnccn2)n[nH]c1=S. The van der Waals surface area contributed by atoms with E-state index in [1.165, 1.54) is 4.68 Å². The molecule has 0 saturated heterocycles. The van der Waals surface area contributed by atoms with Gasteiger partial charge in [0.15, 0.2) is 0 Å². The van der Waals surface area contributed by atoms with Gasteiger partial charge in [0.1, 0.15) is 11.4 Å². The van der Waals surface area contributed by atoms with Crippen LogP contribution in [0.25, 0.3) is 11.5 Å². The van der Waals surface area contributed by atoms with Crippen molar-refractivity contribution in [2.24, 2.45) is 5.10 Å². The maximum Gasteiger partial charge on any atom is 0.216 e. The third kappa shape index (κ3) is 2.77. The highest BCUT2D eigenvalue weighted by atomic mass is 32.1. The van der Waals surface area contributed by atoms with E-state index in [-0.39, 0.29) is 0 Å². The van der Waals surface area contributed by atoms with Crippen molar-refractivity contribution in [1.82, 2.24) is 24.8 Å². The lowest BCUT2D eigenvalue weighted by molar-refractivity contribution is 0.414. The first kappa shape index (κ1) is 14.1. The molecular weight excluding hydrogens is 300 g/mol. The summed E-state index contributed by atoms with van der Waals surface area (Å²) >= 11 is 5.20. The van der Waals surface area contributed by atoms with Crippen LogP contribution >= 0.6 is 12.2 Å². The number of methoxy groups -OCH3 is 1. The maximum atomic E-state index is 5.29. The number of ether oxygens (including phenoxy) is 1. The molecule has 0 aliphatic heterocycles. The monoisotopic (exact) mass is 312 g/mol. The van der Waals surface area contributed by atoms with Gasteiger partial charge in [-0.05, 0) is 24.4 Å². The molecule has 7 nitrogen and oxygen atoms in total. The van der Waals surface area contributed by atoms with E-state index in [0.717, 1.165) is 11.3 Å². The molecule has 110 valence electrons. The van der Waals surface area contributed by atoms with E-state index in [0.29, 0.717) is 16.3 Å². The van der Waals surface area contributed by atoms with Crippen LogP contribution in [0.4, 0.5) is 0 Å². The Morgan fingerprint density at radius 1 is 1.32 bits per heavy atom. The Morgan fingerprint density at radius 3 is 2.95 bits per heavy atom. The first-order valence-electron chi connectivity index (χ1n) is 6.41. The molecule has 3 rings (SSSR count). The third-order valence-corrected chi connectivity index (χ3v) is 3.16. The number of H-pyrrole nitrogens is 1. The second kappa shape index (κ2) is 6.27. The first-order chi connectivity index (χ1) is 10.8. The highest BCUT2D eigenvalue weighted by Gasteiger charge is 2.09. The van der Waals surface area contributed by atoms with Crippen molar-refractivity contribution in [2.45, 2.75) is 0 Å². The van der Waals surface area contributed by atoms with Crippen molar-refractivity contribution in [3.05, 3.63) is 53.2 Å². The van der Waals surface area contributed by atoms with Crippen molar-refractivity contribution in [3.8, 4) is 17.3 Å². The minimum absolute atomic E-state index is 0.367. The Balaban J connectivity index is 2.01. The normalized spacial score (nSPS) is 11.0. The molecule has 0 fully saturated rings. The number of aromatic nitrogens is 5. The fraction of sp³-hybridized carbons (Fsp3) is 0.0714. The van der Waals surface area contributed by atoms with Crippen molar-refractivity contribution in [3.63, 3.8) is 0 Å². The molecule has 0 unspecified atom stereocenters. The highest BCUT2D eigenvalue weighted by Crippen LogP contribution is 2.16. The number of aromatic amines is 1. The third-order valence-electron chi connectivity index (χ3n) is 2.89. The van der Waals surface area contributed by atoms with Crippen LogP contribution in [0.2, 0.25) is 0 Å². The van der Waals surface area contributed by atoms with Gasteiger partial charge in [-0.1, -0.05) is 12.1 Å². The van der Waals surface area contributed by atoms with E-state index in [2.05, 4.69) is 25.3 Å². The topological polar surface area (TPSA) is 81.0 Å².